The van der Waals surface area contributed by atoms with Crippen LogP contribution in [0.25, 0.3) is 12.2 Å². The van der Waals surface area contributed by atoms with Crippen molar-refractivity contribution in [3.63, 3.8) is 0 Å². The van der Waals surface area contributed by atoms with E-state index < -0.39 is 0 Å². The fourth-order valence-electron chi connectivity index (χ4n) is 6.38. The van der Waals surface area contributed by atoms with Crippen LogP contribution in [0.3, 0.4) is 0 Å². The van der Waals surface area contributed by atoms with Crippen LogP contribution in [-0.4, -0.2) is 33.5 Å². The standard InChI is InChI=1S/C34H38N4O2/c1-7-19-20(8-2)28-14-32-24(12-6)26(18-40)34(38-32)16-30-22(10-4)21(9-3)29(36-30)15-33-25(17-39)23(11-5)31(37-33)13-27(19)35-28/h13-18,37,40H,7-12H2,1-6H3/b26-18+,28-14?,30-16?,31-13?,33-15?. The third kappa shape index (κ3) is 4.36. The molecule has 206 valence electrons. The molecule has 5 heterocycles. The number of aldehydes is 1. The molecule has 8 bridgehead atoms. The highest BCUT2D eigenvalue weighted by Gasteiger charge is 2.27. The molecule has 0 fully saturated rings. The number of aliphatic hydroxyl groups excluding tert-OH is 1. The average molecular weight is 535 g/mol. The van der Waals surface area contributed by atoms with Crippen LogP contribution in [0.5, 0.6) is 0 Å². The lowest BCUT2D eigenvalue weighted by atomic mass is 9.96. The molecule has 0 aliphatic carbocycles. The summed E-state index contributed by atoms with van der Waals surface area (Å²) in [6.45, 7) is 12.8. The van der Waals surface area contributed by atoms with E-state index in [-0.39, 0.29) is 0 Å². The van der Waals surface area contributed by atoms with E-state index in [4.69, 9.17) is 15.0 Å². The fourth-order valence-corrected chi connectivity index (χ4v) is 6.38. The summed E-state index contributed by atoms with van der Waals surface area (Å²) in [6.07, 6.45) is 15.1. The molecule has 6 heteroatoms. The largest absolute Gasteiger partial charge is 0.515 e. The lowest BCUT2D eigenvalue weighted by Crippen LogP contribution is -2.16. The highest BCUT2D eigenvalue weighted by atomic mass is 16.2. The Morgan fingerprint density at radius 3 is 1.70 bits per heavy atom. The second-order valence-corrected chi connectivity index (χ2v) is 10.2. The topological polar surface area (TPSA) is 90.2 Å². The van der Waals surface area contributed by atoms with Gasteiger partial charge in [0.05, 0.1) is 45.8 Å². The summed E-state index contributed by atoms with van der Waals surface area (Å²) in [7, 11) is 0. The quantitative estimate of drug-likeness (QED) is 0.312. The van der Waals surface area contributed by atoms with Gasteiger partial charge in [0.2, 0.25) is 0 Å². The van der Waals surface area contributed by atoms with Gasteiger partial charge in [0.15, 0.2) is 6.29 Å². The van der Waals surface area contributed by atoms with Gasteiger partial charge < -0.3 is 10.1 Å². The maximum atomic E-state index is 12.4. The monoisotopic (exact) mass is 534 g/mol. The van der Waals surface area contributed by atoms with E-state index in [1.807, 2.05) is 12.2 Å². The Labute approximate surface area is 236 Å². The van der Waals surface area contributed by atoms with Gasteiger partial charge in [0.25, 0.3) is 0 Å². The number of carbonyl (C=O) groups is 1. The van der Waals surface area contributed by atoms with Gasteiger partial charge in [0, 0.05) is 16.5 Å². The number of rotatable bonds is 7. The molecule has 40 heavy (non-hydrogen) atoms. The molecule has 6 nitrogen and oxygen atoms in total. The van der Waals surface area contributed by atoms with Gasteiger partial charge in [-0.2, -0.15) is 0 Å². The SMILES string of the molecule is CCC1=C(CC)C2=NC1=CC1=NC(=C(CC)/C1=C\O)C=C1N=C(C=c3[nH]c(c(C=O)c3CC)=C2)C(CC)=C1CC. The van der Waals surface area contributed by atoms with Gasteiger partial charge in [-0.25, -0.2) is 15.0 Å². The Hall–Kier alpha value is -4.06. The number of nitrogens with zero attached hydrogens (tertiary/aromatic N) is 3. The van der Waals surface area contributed by atoms with E-state index in [1.54, 1.807) is 0 Å². The predicted octanol–water partition coefficient (Wildman–Crippen LogP) is 6.44. The molecule has 0 amide bonds. The minimum absolute atomic E-state index is 0.672. The number of hydrogen-bond donors (Lipinski definition) is 2. The first kappa shape index (κ1) is 27.5. The van der Waals surface area contributed by atoms with Crippen molar-refractivity contribution in [3.05, 3.63) is 90.8 Å². The minimum Gasteiger partial charge on any atom is -0.515 e. The number of allylic oxidation sites excluding steroid dienone is 8. The van der Waals surface area contributed by atoms with Crippen molar-refractivity contribution in [3.8, 4) is 0 Å². The molecule has 4 aliphatic rings. The maximum absolute atomic E-state index is 12.4. The summed E-state index contributed by atoms with van der Waals surface area (Å²) in [5.74, 6) is 0. The summed E-state index contributed by atoms with van der Waals surface area (Å²) in [4.78, 5) is 31.1. The molecule has 4 aliphatic heterocycles. The zero-order chi connectivity index (χ0) is 28.6. The number of aliphatic hydroxyl groups is 1. The van der Waals surface area contributed by atoms with E-state index in [0.717, 1.165) is 106 Å². The number of nitrogens with one attached hydrogen (secondary N) is 1. The first-order chi connectivity index (χ1) is 19.5. The molecule has 0 saturated heterocycles. The number of aromatic nitrogens is 1. The Morgan fingerprint density at radius 1 is 0.650 bits per heavy atom. The number of hydrogen-bond acceptors (Lipinski definition) is 5. The van der Waals surface area contributed by atoms with Crippen LogP contribution in [-0.2, 0) is 6.42 Å². The van der Waals surface area contributed by atoms with Crippen LogP contribution in [0.2, 0.25) is 0 Å². The molecule has 0 spiro atoms. The van der Waals surface area contributed by atoms with Crippen molar-refractivity contribution in [1.29, 1.82) is 0 Å². The van der Waals surface area contributed by atoms with Crippen molar-refractivity contribution < 1.29 is 9.90 Å². The van der Waals surface area contributed by atoms with Crippen LogP contribution >= 0.6 is 0 Å². The van der Waals surface area contributed by atoms with Gasteiger partial charge in [-0.05, 0) is 96.3 Å². The summed E-state index contributed by atoms with van der Waals surface area (Å²) in [5, 5.41) is 12.0. The molecular formula is C34H38N4O2. The van der Waals surface area contributed by atoms with Gasteiger partial charge in [-0.15, -0.1) is 0 Å². The van der Waals surface area contributed by atoms with Crippen LogP contribution in [0, 0.1) is 0 Å². The van der Waals surface area contributed by atoms with E-state index in [0.29, 0.717) is 11.3 Å². The second kappa shape index (κ2) is 11.2. The lowest BCUT2D eigenvalue weighted by Gasteiger charge is -2.06. The van der Waals surface area contributed by atoms with E-state index >= 15 is 0 Å². The Bertz CT molecular complexity index is 1710. The van der Waals surface area contributed by atoms with Crippen LogP contribution in [0.4, 0.5) is 0 Å². The third-order valence-corrected chi connectivity index (χ3v) is 8.29. The zero-order valence-corrected chi connectivity index (χ0v) is 24.4. The molecule has 0 unspecified atom stereocenters. The minimum atomic E-state index is 0.672. The lowest BCUT2D eigenvalue weighted by molar-refractivity contribution is 0.112. The zero-order valence-electron chi connectivity index (χ0n) is 24.4. The number of aliphatic imine (C=N–C) groups is 3. The van der Waals surface area contributed by atoms with Crippen LogP contribution < -0.4 is 10.7 Å². The average Bonchev–Trinajstić information content (AvgIpc) is 3.67. The van der Waals surface area contributed by atoms with Gasteiger partial charge in [-0.1, -0.05) is 41.5 Å². The number of carbonyl (C=O) groups excluding carboxylic acids is 1. The van der Waals surface area contributed by atoms with Gasteiger partial charge in [0.1, 0.15) is 0 Å². The molecular weight excluding hydrogens is 496 g/mol. The third-order valence-electron chi connectivity index (χ3n) is 8.29. The van der Waals surface area contributed by atoms with Crippen LogP contribution in [0.1, 0.15) is 89.6 Å². The Kier molecular flexibility index (Phi) is 7.70. The number of aromatic amines is 1. The number of H-pyrrole nitrogens is 1. The highest BCUT2D eigenvalue weighted by Crippen LogP contribution is 2.37. The normalized spacial score (nSPS) is 19.4. The summed E-state index contributed by atoms with van der Waals surface area (Å²) in [5.41, 5.74) is 13.2. The molecule has 5 rings (SSSR count). The van der Waals surface area contributed by atoms with Crippen molar-refractivity contribution in [2.75, 3.05) is 0 Å². The number of fused-ring (bicyclic) bond motifs is 5. The Morgan fingerprint density at radius 2 is 1.20 bits per heavy atom. The molecule has 0 aromatic carbocycles. The van der Waals surface area contributed by atoms with Gasteiger partial charge in [-0.3, -0.25) is 4.79 Å². The molecule has 1 aromatic rings. The first-order valence-corrected chi connectivity index (χ1v) is 14.6. The molecule has 0 saturated carbocycles. The second-order valence-electron chi connectivity index (χ2n) is 10.2. The fraction of sp³-hybridized carbons (Fsp3) is 0.353. The summed E-state index contributed by atoms with van der Waals surface area (Å²) >= 11 is 0. The van der Waals surface area contributed by atoms with Crippen molar-refractivity contribution >= 4 is 35.6 Å². The first-order valence-electron chi connectivity index (χ1n) is 14.6. The van der Waals surface area contributed by atoms with Gasteiger partial charge >= 0.3 is 0 Å². The highest BCUT2D eigenvalue weighted by molar-refractivity contribution is 6.25. The van der Waals surface area contributed by atoms with Crippen molar-refractivity contribution in [2.45, 2.75) is 80.1 Å². The molecule has 2 N–H and O–H groups in total. The van der Waals surface area contributed by atoms with Crippen molar-refractivity contribution in [1.82, 2.24) is 4.98 Å². The van der Waals surface area contributed by atoms with E-state index in [9.17, 15) is 9.90 Å². The van der Waals surface area contributed by atoms with E-state index in [1.165, 1.54) is 23.0 Å². The molecule has 0 radical (unpaired) electrons. The smallest absolute Gasteiger partial charge is 0.152 e. The summed E-state index contributed by atoms with van der Waals surface area (Å²) in [6, 6.07) is 0. The van der Waals surface area contributed by atoms with Crippen LogP contribution in [0.15, 0.2) is 83.9 Å². The Balaban J connectivity index is 1.91. The maximum Gasteiger partial charge on any atom is 0.152 e. The van der Waals surface area contributed by atoms with E-state index in [2.05, 4.69) is 58.7 Å². The summed E-state index contributed by atoms with van der Waals surface area (Å²) < 4.78 is 0. The predicted molar refractivity (Wildman–Crippen MR) is 165 cm³/mol. The van der Waals surface area contributed by atoms with Crippen molar-refractivity contribution in [2.24, 2.45) is 15.0 Å². The molecule has 0 atom stereocenters. The molecule has 1 aromatic heterocycles.